The zero-order valence-corrected chi connectivity index (χ0v) is 17.1. The molecule has 0 aliphatic carbocycles. The average molecular weight is 379 g/mol. The van der Waals surface area contributed by atoms with Crippen LogP contribution in [-0.2, 0) is 24.2 Å². The van der Waals surface area contributed by atoms with Gasteiger partial charge in [0.15, 0.2) is 0 Å². The summed E-state index contributed by atoms with van der Waals surface area (Å²) in [6.45, 7) is 8.07. The summed E-state index contributed by atoms with van der Waals surface area (Å²) in [6.07, 6.45) is 7.11. The molecule has 1 unspecified atom stereocenters. The van der Waals surface area contributed by atoms with Crippen LogP contribution in [0.15, 0.2) is 36.7 Å². The summed E-state index contributed by atoms with van der Waals surface area (Å²) < 4.78 is 2.10. The van der Waals surface area contributed by atoms with Crippen molar-refractivity contribution in [2.45, 2.75) is 59.0 Å². The number of benzene rings is 1. The van der Waals surface area contributed by atoms with E-state index in [-0.39, 0.29) is 11.9 Å². The van der Waals surface area contributed by atoms with E-state index in [9.17, 15) is 4.79 Å². The summed E-state index contributed by atoms with van der Waals surface area (Å²) in [5, 5.41) is 1.31. The Morgan fingerprint density at radius 1 is 1.32 bits per heavy atom. The quantitative estimate of drug-likeness (QED) is 0.687. The van der Waals surface area contributed by atoms with Gasteiger partial charge in [-0.25, -0.2) is 4.98 Å². The zero-order chi connectivity index (χ0) is 19.7. The van der Waals surface area contributed by atoms with Crippen molar-refractivity contribution in [2.75, 3.05) is 6.54 Å². The standard InChI is InChI=1S/C23H30N4O/c1-4-21-24-11-14-26(21)12-10-22(28)27-13-9-18-17-7-5-6-8-19(17)25-23(18)20(27)15-16(2)3/h5-8,11,14,16,20,25H,4,9-10,12-13,15H2,1-3H3. The van der Waals surface area contributed by atoms with E-state index in [1.807, 2.05) is 12.4 Å². The van der Waals surface area contributed by atoms with Crippen LogP contribution in [0.2, 0.25) is 0 Å². The van der Waals surface area contributed by atoms with Gasteiger partial charge in [-0.15, -0.1) is 0 Å². The molecule has 0 saturated carbocycles. The molecule has 3 aromatic rings. The normalized spacial score (nSPS) is 16.7. The lowest BCUT2D eigenvalue weighted by molar-refractivity contribution is -0.134. The first-order valence-electron chi connectivity index (χ1n) is 10.5. The predicted molar refractivity (Wildman–Crippen MR) is 112 cm³/mol. The molecule has 3 heterocycles. The second-order valence-corrected chi connectivity index (χ2v) is 8.19. The summed E-state index contributed by atoms with van der Waals surface area (Å²) in [7, 11) is 0. The van der Waals surface area contributed by atoms with Gasteiger partial charge in [0.25, 0.3) is 0 Å². The van der Waals surface area contributed by atoms with Crippen LogP contribution in [0.5, 0.6) is 0 Å². The molecule has 0 fully saturated rings. The van der Waals surface area contributed by atoms with E-state index in [0.717, 1.165) is 31.6 Å². The lowest BCUT2D eigenvalue weighted by atomic mass is 9.91. The number of nitrogens with one attached hydrogen (secondary N) is 1. The van der Waals surface area contributed by atoms with E-state index >= 15 is 0 Å². The number of H-pyrrole nitrogens is 1. The van der Waals surface area contributed by atoms with E-state index in [2.05, 4.69) is 64.5 Å². The number of hydrogen-bond acceptors (Lipinski definition) is 2. The molecule has 0 spiro atoms. The van der Waals surface area contributed by atoms with Gasteiger partial charge in [-0.3, -0.25) is 4.79 Å². The van der Waals surface area contributed by atoms with Crippen molar-refractivity contribution in [3.8, 4) is 0 Å². The minimum atomic E-state index is 0.136. The molecule has 28 heavy (non-hydrogen) atoms. The Hall–Kier alpha value is -2.56. The molecule has 0 saturated heterocycles. The summed E-state index contributed by atoms with van der Waals surface area (Å²) in [6, 6.07) is 8.64. The first kappa shape index (κ1) is 18.8. The number of carbonyl (C=O) groups excluding carboxylic acids is 1. The summed E-state index contributed by atoms with van der Waals surface area (Å²) >= 11 is 0. The number of nitrogens with zero attached hydrogens (tertiary/aromatic N) is 3. The summed E-state index contributed by atoms with van der Waals surface area (Å²) in [5.74, 6) is 1.81. The first-order valence-corrected chi connectivity index (χ1v) is 10.5. The number of aryl methyl sites for hydroxylation is 2. The molecule has 0 bridgehead atoms. The highest BCUT2D eigenvalue weighted by Crippen LogP contribution is 2.38. The second kappa shape index (κ2) is 7.82. The third kappa shape index (κ3) is 3.46. The molecule has 1 amide bonds. The van der Waals surface area contributed by atoms with E-state index in [1.165, 1.54) is 22.2 Å². The number of aromatic amines is 1. The molecule has 1 aliphatic rings. The number of rotatable bonds is 6. The fourth-order valence-corrected chi connectivity index (χ4v) is 4.53. The Labute approximate surface area is 166 Å². The molecular weight excluding hydrogens is 348 g/mol. The highest BCUT2D eigenvalue weighted by molar-refractivity contribution is 5.86. The molecule has 5 heteroatoms. The van der Waals surface area contributed by atoms with Crippen molar-refractivity contribution in [3.05, 3.63) is 53.7 Å². The largest absolute Gasteiger partial charge is 0.356 e. The number of amides is 1. The number of aromatic nitrogens is 3. The van der Waals surface area contributed by atoms with Crippen LogP contribution < -0.4 is 0 Å². The SMILES string of the molecule is CCc1nccn1CCC(=O)N1CCc2c([nH]c3ccccc23)C1CC(C)C. The fraction of sp³-hybridized carbons (Fsp3) is 0.478. The number of imidazole rings is 1. The van der Waals surface area contributed by atoms with Crippen LogP contribution in [0.3, 0.4) is 0 Å². The Bertz CT molecular complexity index is 968. The average Bonchev–Trinajstić information content (AvgIpc) is 3.30. The topological polar surface area (TPSA) is 53.9 Å². The highest BCUT2D eigenvalue weighted by atomic mass is 16.2. The molecule has 0 radical (unpaired) electrons. The van der Waals surface area contributed by atoms with Gasteiger partial charge in [-0.05, 0) is 30.4 Å². The van der Waals surface area contributed by atoms with Crippen molar-refractivity contribution in [1.29, 1.82) is 0 Å². The van der Waals surface area contributed by atoms with Gasteiger partial charge >= 0.3 is 0 Å². The van der Waals surface area contributed by atoms with Gasteiger partial charge in [0, 0.05) is 54.9 Å². The molecule has 1 aliphatic heterocycles. The Balaban J connectivity index is 1.58. The van der Waals surface area contributed by atoms with E-state index in [4.69, 9.17) is 0 Å². The highest BCUT2D eigenvalue weighted by Gasteiger charge is 2.33. The van der Waals surface area contributed by atoms with Gasteiger partial charge in [0.1, 0.15) is 5.82 Å². The molecule has 5 nitrogen and oxygen atoms in total. The zero-order valence-electron chi connectivity index (χ0n) is 17.1. The van der Waals surface area contributed by atoms with Gasteiger partial charge in [-0.2, -0.15) is 0 Å². The number of para-hydroxylation sites is 1. The van der Waals surface area contributed by atoms with Crippen LogP contribution in [0.25, 0.3) is 10.9 Å². The molecule has 1 N–H and O–H groups in total. The maximum atomic E-state index is 13.2. The first-order chi connectivity index (χ1) is 13.6. The van der Waals surface area contributed by atoms with Gasteiger partial charge in [0.2, 0.25) is 5.91 Å². The summed E-state index contributed by atoms with van der Waals surface area (Å²) in [5.41, 5.74) is 3.82. The third-order valence-corrected chi connectivity index (χ3v) is 5.86. The number of carbonyl (C=O) groups is 1. The Morgan fingerprint density at radius 2 is 2.14 bits per heavy atom. The van der Waals surface area contributed by atoms with Crippen molar-refractivity contribution >= 4 is 16.8 Å². The second-order valence-electron chi connectivity index (χ2n) is 8.19. The number of fused-ring (bicyclic) bond motifs is 3. The fourth-order valence-electron chi connectivity index (χ4n) is 4.53. The number of hydrogen-bond donors (Lipinski definition) is 1. The van der Waals surface area contributed by atoms with Crippen LogP contribution >= 0.6 is 0 Å². The molecule has 1 atom stereocenters. The van der Waals surface area contributed by atoms with Gasteiger partial charge in [-0.1, -0.05) is 39.0 Å². The van der Waals surface area contributed by atoms with Crippen LogP contribution in [0.4, 0.5) is 0 Å². The Kier molecular flexibility index (Phi) is 5.25. The third-order valence-electron chi connectivity index (χ3n) is 5.86. The predicted octanol–water partition coefficient (Wildman–Crippen LogP) is 4.49. The van der Waals surface area contributed by atoms with Crippen LogP contribution in [0.1, 0.15) is 56.7 Å². The van der Waals surface area contributed by atoms with Crippen LogP contribution in [-0.4, -0.2) is 31.9 Å². The minimum Gasteiger partial charge on any atom is -0.356 e. The summed E-state index contributed by atoms with van der Waals surface area (Å²) in [4.78, 5) is 23.3. The Morgan fingerprint density at radius 3 is 2.93 bits per heavy atom. The maximum absolute atomic E-state index is 13.2. The van der Waals surface area contributed by atoms with Crippen molar-refractivity contribution < 1.29 is 4.79 Å². The van der Waals surface area contributed by atoms with Crippen LogP contribution in [0, 0.1) is 5.92 Å². The van der Waals surface area contributed by atoms with E-state index in [1.54, 1.807) is 0 Å². The van der Waals surface area contributed by atoms with E-state index in [0.29, 0.717) is 18.9 Å². The molecule has 148 valence electrons. The van der Waals surface area contributed by atoms with Crippen molar-refractivity contribution in [1.82, 2.24) is 19.4 Å². The lowest BCUT2D eigenvalue weighted by Crippen LogP contribution is -2.41. The van der Waals surface area contributed by atoms with Crippen molar-refractivity contribution in [3.63, 3.8) is 0 Å². The lowest BCUT2D eigenvalue weighted by Gasteiger charge is -2.37. The monoisotopic (exact) mass is 378 g/mol. The maximum Gasteiger partial charge on any atom is 0.224 e. The molecule has 2 aromatic heterocycles. The van der Waals surface area contributed by atoms with E-state index < -0.39 is 0 Å². The van der Waals surface area contributed by atoms with Gasteiger partial charge in [0.05, 0.1) is 6.04 Å². The molecular formula is C23H30N4O. The van der Waals surface area contributed by atoms with Gasteiger partial charge < -0.3 is 14.5 Å². The minimum absolute atomic E-state index is 0.136. The smallest absolute Gasteiger partial charge is 0.224 e. The molecule has 1 aromatic carbocycles. The van der Waals surface area contributed by atoms with Crippen molar-refractivity contribution in [2.24, 2.45) is 5.92 Å². The molecule has 4 rings (SSSR count).